The number of nitro benzene ring substituents is 1. The first kappa shape index (κ1) is 18.8. The lowest BCUT2D eigenvalue weighted by Gasteiger charge is -2.35. The van der Waals surface area contributed by atoms with E-state index in [1.54, 1.807) is 31.2 Å². The van der Waals surface area contributed by atoms with E-state index in [1.165, 1.54) is 12.1 Å². The van der Waals surface area contributed by atoms with E-state index in [0.29, 0.717) is 37.4 Å². The minimum absolute atomic E-state index is 0.0691. The van der Waals surface area contributed by atoms with Gasteiger partial charge in [0, 0.05) is 49.7 Å². The largest absolute Gasteiger partial charge is 0.369 e. The highest BCUT2D eigenvalue weighted by Crippen LogP contribution is 2.22. The maximum Gasteiger partial charge on any atom is 0.271 e. The molecule has 0 saturated carbocycles. The monoisotopic (exact) mass is 372 g/mol. The van der Waals surface area contributed by atoms with Crippen LogP contribution >= 0.6 is 0 Å². The molecule has 2 aromatic carbocycles. The molecule has 1 aliphatic heterocycles. The Morgan fingerprint density at radius 3 is 2.59 bits per heavy atom. The van der Waals surface area contributed by atoms with Gasteiger partial charge in [-0.15, -0.1) is 0 Å². The van der Waals surface area contributed by atoms with E-state index >= 15 is 0 Å². The second kappa shape index (κ2) is 8.13. The number of hydrogen-bond donors (Lipinski definition) is 1. The van der Waals surface area contributed by atoms with Gasteiger partial charge in [-0.05, 0) is 30.7 Å². The number of non-ortho nitro benzene ring substituents is 1. The van der Waals surface area contributed by atoms with Crippen LogP contribution in [0.3, 0.4) is 0 Å². The smallest absolute Gasteiger partial charge is 0.271 e. The molecule has 0 atom stereocenters. The summed E-state index contributed by atoms with van der Waals surface area (Å²) in [5.41, 5.74) is 1.85. The second-order valence-corrected chi connectivity index (χ2v) is 6.55. The Bertz CT molecular complexity index is 851. The number of nitrogens with one attached hydrogen (secondary N) is 1. The molecule has 1 saturated heterocycles. The minimum Gasteiger partial charge on any atom is -0.369 e. The summed E-state index contributed by atoms with van der Waals surface area (Å²) in [6.45, 7) is 4.57. The van der Waals surface area contributed by atoms with Crippen LogP contribution in [0.15, 0.2) is 42.5 Å². The van der Waals surface area contributed by atoms with E-state index in [2.05, 4.69) is 10.2 Å². The van der Waals surface area contributed by atoms with Crippen LogP contribution in [0, 0.1) is 22.9 Å². The third-order valence-electron chi connectivity index (χ3n) is 4.60. The Hall–Kier alpha value is -3.00. The van der Waals surface area contributed by atoms with Gasteiger partial charge in [0.25, 0.3) is 5.69 Å². The molecule has 0 unspecified atom stereocenters. The lowest BCUT2D eigenvalue weighted by Crippen LogP contribution is -2.48. The van der Waals surface area contributed by atoms with E-state index in [9.17, 15) is 19.3 Å². The SMILES string of the molecule is Cc1ccc(NC(=O)CN2CCN(c3cccc([N+](=O)[O-])c3)CC2)cc1F. The molecule has 1 heterocycles. The lowest BCUT2D eigenvalue weighted by atomic mass is 10.2. The molecule has 1 N–H and O–H groups in total. The fraction of sp³-hybridized carbons (Fsp3) is 0.316. The van der Waals surface area contributed by atoms with Crippen LogP contribution in [-0.2, 0) is 4.79 Å². The quantitative estimate of drug-likeness (QED) is 0.645. The van der Waals surface area contributed by atoms with Gasteiger partial charge < -0.3 is 10.2 Å². The number of rotatable bonds is 5. The number of hydrogen-bond acceptors (Lipinski definition) is 5. The minimum atomic E-state index is -0.405. The van der Waals surface area contributed by atoms with E-state index < -0.39 is 4.92 Å². The Labute approximate surface area is 156 Å². The van der Waals surface area contributed by atoms with Crippen molar-refractivity contribution in [3.05, 3.63) is 64.0 Å². The van der Waals surface area contributed by atoms with Gasteiger partial charge in [0.2, 0.25) is 5.91 Å². The van der Waals surface area contributed by atoms with Crippen molar-refractivity contribution in [2.45, 2.75) is 6.92 Å². The summed E-state index contributed by atoms with van der Waals surface area (Å²) in [5, 5.41) is 13.6. The molecule has 0 radical (unpaired) electrons. The molecule has 3 rings (SSSR count). The van der Waals surface area contributed by atoms with Crippen LogP contribution in [0.2, 0.25) is 0 Å². The summed E-state index contributed by atoms with van der Waals surface area (Å²) in [5.74, 6) is -0.541. The number of nitrogens with zero attached hydrogens (tertiary/aromatic N) is 3. The summed E-state index contributed by atoms with van der Waals surface area (Å²) < 4.78 is 13.6. The normalized spacial score (nSPS) is 14.8. The molecule has 0 aliphatic carbocycles. The van der Waals surface area contributed by atoms with Crippen LogP contribution in [-0.4, -0.2) is 48.5 Å². The number of halogens is 1. The molecule has 0 spiro atoms. The van der Waals surface area contributed by atoms with Gasteiger partial charge in [-0.2, -0.15) is 0 Å². The van der Waals surface area contributed by atoms with Crippen molar-refractivity contribution < 1.29 is 14.1 Å². The Morgan fingerprint density at radius 2 is 1.93 bits per heavy atom. The second-order valence-electron chi connectivity index (χ2n) is 6.55. The van der Waals surface area contributed by atoms with Crippen molar-refractivity contribution in [3.63, 3.8) is 0 Å². The van der Waals surface area contributed by atoms with Crippen molar-refractivity contribution in [3.8, 4) is 0 Å². The lowest BCUT2D eigenvalue weighted by molar-refractivity contribution is -0.384. The molecule has 1 amide bonds. The maximum atomic E-state index is 13.6. The number of benzene rings is 2. The first-order chi connectivity index (χ1) is 12.9. The van der Waals surface area contributed by atoms with Crippen molar-refractivity contribution in [2.75, 3.05) is 42.9 Å². The fourth-order valence-electron chi connectivity index (χ4n) is 3.04. The number of anilines is 2. The van der Waals surface area contributed by atoms with Crippen molar-refractivity contribution >= 4 is 23.0 Å². The average Bonchev–Trinajstić information content (AvgIpc) is 2.65. The molecule has 8 heteroatoms. The highest BCUT2D eigenvalue weighted by Gasteiger charge is 2.20. The Kier molecular flexibility index (Phi) is 5.66. The van der Waals surface area contributed by atoms with Gasteiger partial charge in [0.05, 0.1) is 11.5 Å². The number of aryl methyl sites for hydroxylation is 1. The Morgan fingerprint density at radius 1 is 1.19 bits per heavy atom. The van der Waals surface area contributed by atoms with Crippen LogP contribution in [0.5, 0.6) is 0 Å². The Balaban J connectivity index is 1.51. The number of carbonyl (C=O) groups is 1. The zero-order chi connectivity index (χ0) is 19.4. The summed E-state index contributed by atoms with van der Waals surface area (Å²) in [4.78, 5) is 26.8. The average molecular weight is 372 g/mol. The molecule has 0 bridgehead atoms. The number of nitro groups is 1. The van der Waals surface area contributed by atoms with Gasteiger partial charge in [0.1, 0.15) is 5.82 Å². The van der Waals surface area contributed by atoms with Crippen molar-refractivity contribution in [1.29, 1.82) is 0 Å². The van der Waals surface area contributed by atoms with Crippen LogP contribution < -0.4 is 10.2 Å². The highest BCUT2D eigenvalue weighted by molar-refractivity contribution is 5.92. The van der Waals surface area contributed by atoms with Gasteiger partial charge in [-0.3, -0.25) is 19.8 Å². The van der Waals surface area contributed by atoms with Crippen LogP contribution in [0.4, 0.5) is 21.5 Å². The van der Waals surface area contributed by atoms with E-state index in [1.807, 2.05) is 11.0 Å². The molecule has 2 aromatic rings. The predicted octanol–water partition coefficient (Wildman–Crippen LogP) is 2.80. The zero-order valence-electron chi connectivity index (χ0n) is 15.0. The van der Waals surface area contributed by atoms with Crippen molar-refractivity contribution in [2.24, 2.45) is 0 Å². The number of piperazine rings is 1. The fourth-order valence-corrected chi connectivity index (χ4v) is 3.04. The molecule has 1 fully saturated rings. The molecule has 142 valence electrons. The van der Waals surface area contributed by atoms with Gasteiger partial charge in [-0.25, -0.2) is 4.39 Å². The number of carbonyl (C=O) groups excluding carboxylic acids is 1. The first-order valence-electron chi connectivity index (χ1n) is 8.70. The number of amides is 1. The summed E-state index contributed by atoms with van der Waals surface area (Å²) in [6.07, 6.45) is 0. The highest BCUT2D eigenvalue weighted by atomic mass is 19.1. The predicted molar refractivity (Wildman–Crippen MR) is 102 cm³/mol. The molecule has 7 nitrogen and oxygen atoms in total. The molecule has 27 heavy (non-hydrogen) atoms. The first-order valence-corrected chi connectivity index (χ1v) is 8.70. The summed E-state index contributed by atoms with van der Waals surface area (Å²) in [6, 6.07) is 11.2. The summed E-state index contributed by atoms with van der Waals surface area (Å²) >= 11 is 0. The standard InChI is InChI=1S/C19H21FN4O3/c1-14-5-6-15(11-18(14)20)21-19(25)13-22-7-9-23(10-8-22)16-3-2-4-17(12-16)24(26)27/h2-6,11-12H,7-10,13H2,1H3,(H,21,25). The van der Waals surface area contributed by atoms with E-state index in [0.717, 1.165) is 5.69 Å². The summed E-state index contributed by atoms with van der Waals surface area (Å²) in [7, 11) is 0. The van der Waals surface area contributed by atoms with Crippen molar-refractivity contribution in [1.82, 2.24) is 4.90 Å². The van der Waals surface area contributed by atoms with Gasteiger partial charge >= 0.3 is 0 Å². The van der Waals surface area contributed by atoms with E-state index in [-0.39, 0.29) is 24.0 Å². The zero-order valence-corrected chi connectivity index (χ0v) is 15.0. The maximum absolute atomic E-state index is 13.6. The third kappa shape index (κ3) is 4.79. The van der Waals surface area contributed by atoms with Crippen LogP contribution in [0.25, 0.3) is 0 Å². The topological polar surface area (TPSA) is 78.7 Å². The molecule has 1 aliphatic rings. The third-order valence-corrected chi connectivity index (χ3v) is 4.60. The van der Waals surface area contributed by atoms with Crippen LogP contribution in [0.1, 0.15) is 5.56 Å². The van der Waals surface area contributed by atoms with Gasteiger partial charge in [0.15, 0.2) is 0 Å². The molecular formula is C19H21FN4O3. The van der Waals surface area contributed by atoms with E-state index in [4.69, 9.17) is 0 Å². The van der Waals surface area contributed by atoms with Gasteiger partial charge in [-0.1, -0.05) is 12.1 Å². The molecular weight excluding hydrogens is 351 g/mol. The molecule has 0 aromatic heterocycles.